The molecule has 18 heavy (non-hydrogen) atoms. The van der Waals surface area contributed by atoms with Crippen LogP contribution in [0, 0.1) is 17.7 Å². The zero-order valence-corrected chi connectivity index (χ0v) is 11.6. The molecule has 1 aromatic carbocycles. The normalized spacial score (nSPS) is 23.5. The first-order valence-corrected chi connectivity index (χ1v) is 7.23. The van der Waals surface area contributed by atoms with Crippen LogP contribution in [0.3, 0.4) is 0 Å². The molecule has 2 rings (SSSR count). The van der Waals surface area contributed by atoms with Crippen LogP contribution >= 0.6 is 11.6 Å². The minimum Gasteiger partial charge on any atom is -0.317 e. The first kappa shape index (κ1) is 13.8. The number of benzene rings is 1. The fourth-order valence-electron chi connectivity index (χ4n) is 2.95. The lowest BCUT2D eigenvalue weighted by molar-refractivity contribution is 0.368. The summed E-state index contributed by atoms with van der Waals surface area (Å²) in [6.07, 6.45) is 4.86. The van der Waals surface area contributed by atoms with E-state index in [1.54, 1.807) is 0 Å². The second-order valence-electron chi connectivity index (χ2n) is 5.20. The Morgan fingerprint density at radius 1 is 1.33 bits per heavy atom. The molecule has 1 saturated carbocycles. The second kappa shape index (κ2) is 6.53. The summed E-state index contributed by atoms with van der Waals surface area (Å²) in [6, 6.07) is 4.76. The highest BCUT2D eigenvalue weighted by Gasteiger charge is 2.27. The van der Waals surface area contributed by atoms with E-state index in [1.165, 1.54) is 31.4 Å². The minimum absolute atomic E-state index is 0.251. The van der Waals surface area contributed by atoms with Gasteiger partial charge in [0.15, 0.2) is 0 Å². The molecule has 0 saturated heterocycles. The van der Waals surface area contributed by atoms with E-state index < -0.39 is 0 Å². The molecule has 3 heteroatoms. The van der Waals surface area contributed by atoms with Gasteiger partial charge in [-0.2, -0.15) is 0 Å². The van der Waals surface area contributed by atoms with E-state index in [2.05, 4.69) is 12.2 Å². The van der Waals surface area contributed by atoms with Crippen molar-refractivity contribution in [2.75, 3.05) is 13.1 Å². The van der Waals surface area contributed by atoms with Crippen molar-refractivity contribution < 1.29 is 4.39 Å². The average Bonchev–Trinajstić information content (AvgIpc) is 2.77. The Hall–Kier alpha value is -0.600. The summed E-state index contributed by atoms with van der Waals surface area (Å²) in [5.74, 6) is 1.18. The van der Waals surface area contributed by atoms with Crippen molar-refractivity contribution in [2.45, 2.75) is 32.6 Å². The molecule has 0 spiro atoms. The number of nitrogens with one attached hydrogen (secondary N) is 1. The lowest BCUT2D eigenvalue weighted by Crippen LogP contribution is -2.26. The summed E-state index contributed by atoms with van der Waals surface area (Å²) in [7, 11) is 0. The van der Waals surface area contributed by atoms with Crippen molar-refractivity contribution in [3.63, 3.8) is 0 Å². The third-order valence-electron chi connectivity index (χ3n) is 3.97. The monoisotopic (exact) mass is 269 g/mol. The molecule has 1 aliphatic rings. The summed E-state index contributed by atoms with van der Waals surface area (Å²) < 4.78 is 13.0. The molecule has 0 bridgehead atoms. The highest BCUT2D eigenvalue weighted by Crippen LogP contribution is 2.35. The van der Waals surface area contributed by atoms with Crippen LogP contribution in [-0.4, -0.2) is 13.1 Å². The lowest BCUT2D eigenvalue weighted by Gasteiger charge is -2.20. The third kappa shape index (κ3) is 3.46. The van der Waals surface area contributed by atoms with Crippen LogP contribution in [0.1, 0.15) is 31.7 Å². The van der Waals surface area contributed by atoms with E-state index in [0.29, 0.717) is 10.9 Å². The van der Waals surface area contributed by atoms with Gasteiger partial charge in [-0.25, -0.2) is 4.39 Å². The number of hydrogen-bond acceptors (Lipinski definition) is 1. The zero-order chi connectivity index (χ0) is 13.0. The number of rotatable bonds is 5. The van der Waals surface area contributed by atoms with Gasteiger partial charge in [-0.15, -0.1) is 0 Å². The molecule has 1 fully saturated rings. The van der Waals surface area contributed by atoms with Crippen molar-refractivity contribution in [1.29, 1.82) is 0 Å². The molecule has 1 aromatic rings. The van der Waals surface area contributed by atoms with Gasteiger partial charge in [-0.3, -0.25) is 0 Å². The first-order chi connectivity index (χ1) is 8.70. The minimum atomic E-state index is -0.251. The molecular weight excluding hydrogens is 249 g/mol. The Bertz CT molecular complexity index is 394. The highest BCUT2D eigenvalue weighted by molar-refractivity contribution is 6.31. The van der Waals surface area contributed by atoms with Crippen molar-refractivity contribution in [1.82, 2.24) is 5.32 Å². The van der Waals surface area contributed by atoms with Gasteiger partial charge in [-0.05, 0) is 61.9 Å². The van der Waals surface area contributed by atoms with E-state index in [4.69, 9.17) is 11.6 Å². The van der Waals surface area contributed by atoms with Gasteiger partial charge in [0.05, 0.1) is 0 Å². The second-order valence-corrected chi connectivity index (χ2v) is 5.61. The standard InChI is InChI=1S/C15H21ClFN/c1-2-18-10-13-5-3-4-11(13)8-12-6-7-14(17)9-15(12)16/h6-7,9,11,13,18H,2-5,8,10H2,1H3. The van der Waals surface area contributed by atoms with Gasteiger partial charge in [0, 0.05) is 5.02 Å². The summed E-state index contributed by atoms with van der Waals surface area (Å²) in [5, 5.41) is 4.01. The van der Waals surface area contributed by atoms with Crippen LogP contribution in [0.2, 0.25) is 5.02 Å². The van der Waals surface area contributed by atoms with Crippen molar-refractivity contribution >= 4 is 11.6 Å². The Morgan fingerprint density at radius 2 is 2.11 bits per heavy atom. The topological polar surface area (TPSA) is 12.0 Å². The molecule has 1 nitrogen and oxygen atoms in total. The molecule has 1 N–H and O–H groups in total. The largest absolute Gasteiger partial charge is 0.317 e. The van der Waals surface area contributed by atoms with Crippen LogP contribution in [0.15, 0.2) is 18.2 Å². The maximum absolute atomic E-state index is 13.0. The van der Waals surface area contributed by atoms with Crippen LogP contribution in [0.25, 0.3) is 0 Å². The van der Waals surface area contributed by atoms with Gasteiger partial charge >= 0.3 is 0 Å². The fraction of sp³-hybridized carbons (Fsp3) is 0.600. The van der Waals surface area contributed by atoms with Crippen molar-refractivity contribution in [3.05, 3.63) is 34.6 Å². The molecule has 0 aliphatic heterocycles. The summed E-state index contributed by atoms with van der Waals surface area (Å²) in [5.41, 5.74) is 1.09. The number of hydrogen-bond donors (Lipinski definition) is 1. The van der Waals surface area contributed by atoms with E-state index >= 15 is 0 Å². The summed E-state index contributed by atoms with van der Waals surface area (Å²) in [4.78, 5) is 0. The maximum Gasteiger partial charge on any atom is 0.124 e. The van der Waals surface area contributed by atoms with Gasteiger partial charge in [-0.1, -0.05) is 31.0 Å². The Morgan fingerprint density at radius 3 is 2.83 bits per heavy atom. The van der Waals surface area contributed by atoms with Crippen molar-refractivity contribution in [2.24, 2.45) is 11.8 Å². The average molecular weight is 270 g/mol. The van der Waals surface area contributed by atoms with Crippen molar-refractivity contribution in [3.8, 4) is 0 Å². The molecule has 0 heterocycles. The smallest absolute Gasteiger partial charge is 0.124 e. The maximum atomic E-state index is 13.0. The Balaban J connectivity index is 1.99. The summed E-state index contributed by atoms with van der Waals surface area (Å²) in [6.45, 7) is 4.27. The Labute approximate surface area is 114 Å². The van der Waals surface area contributed by atoms with Gasteiger partial charge in [0.2, 0.25) is 0 Å². The highest BCUT2D eigenvalue weighted by atomic mass is 35.5. The number of halogens is 2. The molecule has 0 aromatic heterocycles. The molecular formula is C15H21ClFN. The van der Waals surface area contributed by atoms with Gasteiger partial charge in [0.1, 0.15) is 5.82 Å². The SMILES string of the molecule is CCNCC1CCCC1Cc1ccc(F)cc1Cl. The zero-order valence-electron chi connectivity index (χ0n) is 10.9. The van der Waals surface area contributed by atoms with E-state index in [0.717, 1.165) is 31.0 Å². The molecule has 100 valence electrons. The van der Waals surface area contributed by atoms with Crippen LogP contribution in [0.5, 0.6) is 0 Å². The molecule has 0 amide bonds. The van der Waals surface area contributed by atoms with Gasteiger partial charge in [0.25, 0.3) is 0 Å². The lowest BCUT2D eigenvalue weighted by atomic mass is 9.89. The van der Waals surface area contributed by atoms with Crippen LogP contribution in [-0.2, 0) is 6.42 Å². The van der Waals surface area contributed by atoms with E-state index in [9.17, 15) is 4.39 Å². The quantitative estimate of drug-likeness (QED) is 0.850. The Kier molecular flexibility index (Phi) is 5.02. The third-order valence-corrected chi connectivity index (χ3v) is 4.32. The predicted molar refractivity (Wildman–Crippen MR) is 74.5 cm³/mol. The molecule has 1 aliphatic carbocycles. The van der Waals surface area contributed by atoms with Crippen LogP contribution in [0.4, 0.5) is 4.39 Å². The molecule has 2 atom stereocenters. The first-order valence-electron chi connectivity index (χ1n) is 6.85. The molecule has 0 radical (unpaired) electrons. The summed E-state index contributed by atoms with van der Waals surface area (Å²) >= 11 is 6.10. The predicted octanol–water partition coefficient (Wildman–Crippen LogP) is 4.05. The van der Waals surface area contributed by atoms with E-state index in [-0.39, 0.29) is 5.82 Å². The van der Waals surface area contributed by atoms with Crippen LogP contribution < -0.4 is 5.32 Å². The fourth-order valence-corrected chi connectivity index (χ4v) is 3.19. The van der Waals surface area contributed by atoms with Gasteiger partial charge < -0.3 is 5.32 Å². The van der Waals surface area contributed by atoms with E-state index in [1.807, 2.05) is 6.07 Å². The molecule has 2 unspecified atom stereocenters.